The van der Waals surface area contributed by atoms with Crippen LogP contribution in [0.2, 0.25) is 0 Å². The first-order chi connectivity index (χ1) is 10.0. The average Bonchev–Trinajstić information content (AvgIpc) is 2.53. The van der Waals surface area contributed by atoms with Gasteiger partial charge in [-0.3, -0.25) is 9.78 Å². The van der Waals surface area contributed by atoms with Gasteiger partial charge in [0, 0.05) is 31.4 Å². The summed E-state index contributed by atoms with van der Waals surface area (Å²) in [7, 11) is -1.90. The van der Waals surface area contributed by atoms with E-state index in [0.29, 0.717) is 25.8 Å². The number of hydrogen-bond acceptors (Lipinski definition) is 4. The molecule has 116 valence electrons. The number of aromatic nitrogens is 1. The van der Waals surface area contributed by atoms with Crippen LogP contribution in [0.3, 0.4) is 0 Å². The summed E-state index contributed by atoms with van der Waals surface area (Å²) in [5, 5.41) is -0.505. The zero-order valence-electron chi connectivity index (χ0n) is 12.2. The van der Waals surface area contributed by atoms with Gasteiger partial charge in [-0.15, -0.1) is 0 Å². The van der Waals surface area contributed by atoms with Gasteiger partial charge in [0.25, 0.3) is 0 Å². The van der Waals surface area contributed by atoms with Gasteiger partial charge < -0.3 is 4.90 Å². The summed E-state index contributed by atoms with van der Waals surface area (Å²) in [5.74, 6) is -0.00310. The molecule has 1 aliphatic heterocycles. The maximum Gasteiger partial charge on any atom is 0.222 e. The number of hydrogen-bond donors (Lipinski definition) is 1. The molecule has 1 atom stereocenters. The highest BCUT2D eigenvalue weighted by molar-refractivity contribution is 7.90. The molecule has 6 nitrogen and oxygen atoms in total. The first kappa shape index (κ1) is 15.9. The van der Waals surface area contributed by atoms with Crippen molar-refractivity contribution in [2.24, 2.45) is 0 Å². The minimum absolute atomic E-state index is 0.00310. The number of nitrogens with one attached hydrogen (secondary N) is 1. The number of pyridine rings is 1. The number of amides is 1. The molecule has 0 saturated carbocycles. The monoisotopic (exact) mass is 311 g/mol. The highest BCUT2D eigenvalue weighted by Gasteiger charge is 2.31. The molecule has 1 aromatic rings. The number of sulfonamides is 1. The molecule has 1 saturated heterocycles. The summed E-state index contributed by atoms with van der Waals surface area (Å²) in [6, 6.07) is 5.62. The normalized spacial score (nSPS) is 19.5. The minimum atomic E-state index is -3.31. The van der Waals surface area contributed by atoms with E-state index in [1.165, 1.54) is 7.05 Å². The molecule has 0 radical (unpaired) electrons. The van der Waals surface area contributed by atoms with Gasteiger partial charge in [0.1, 0.15) is 0 Å². The minimum Gasteiger partial charge on any atom is -0.341 e. The fourth-order valence-electron chi connectivity index (χ4n) is 2.52. The standard InChI is InChI=1S/C14H21N3O3S/c1-15-21(19,20)13-6-4-10-17(11-13)14(18)8-7-12-5-2-3-9-16-12/h2-3,5,9,13,15H,4,6-8,10-11H2,1H3. The number of piperidine rings is 1. The van der Waals surface area contributed by atoms with Crippen molar-refractivity contribution < 1.29 is 13.2 Å². The SMILES string of the molecule is CNS(=O)(=O)C1CCCN(C(=O)CCc2ccccn2)C1. The van der Waals surface area contributed by atoms with E-state index in [4.69, 9.17) is 0 Å². The van der Waals surface area contributed by atoms with E-state index in [2.05, 4.69) is 9.71 Å². The second-order valence-corrected chi connectivity index (χ2v) is 7.34. The van der Waals surface area contributed by atoms with E-state index in [1.54, 1.807) is 11.1 Å². The van der Waals surface area contributed by atoms with E-state index in [-0.39, 0.29) is 12.5 Å². The Bertz CT molecular complexity index is 574. The van der Waals surface area contributed by atoms with Gasteiger partial charge in [-0.2, -0.15) is 0 Å². The number of rotatable bonds is 5. The lowest BCUT2D eigenvalue weighted by Crippen LogP contribution is -2.47. The zero-order valence-corrected chi connectivity index (χ0v) is 13.0. The molecule has 21 heavy (non-hydrogen) atoms. The Morgan fingerprint density at radius 2 is 2.29 bits per heavy atom. The molecule has 1 unspecified atom stereocenters. The predicted octanol–water partition coefficient (Wildman–Crippen LogP) is 0.554. The largest absolute Gasteiger partial charge is 0.341 e. The Hall–Kier alpha value is -1.47. The topological polar surface area (TPSA) is 79.4 Å². The second-order valence-electron chi connectivity index (χ2n) is 5.17. The number of carbonyl (C=O) groups is 1. The summed E-state index contributed by atoms with van der Waals surface area (Å²) in [5.41, 5.74) is 0.877. The van der Waals surface area contributed by atoms with Gasteiger partial charge in [-0.05, 0) is 38.4 Å². The third kappa shape index (κ3) is 4.25. The van der Waals surface area contributed by atoms with Crippen molar-refractivity contribution in [1.82, 2.24) is 14.6 Å². The summed E-state index contributed by atoms with van der Waals surface area (Å²) < 4.78 is 26.0. The smallest absolute Gasteiger partial charge is 0.222 e. The highest BCUT2D eigenvalue weighted by atomic mass is 32.2. The molecule has 0 aromatic carbocycles. The predicted molar refractivity (Wildman–Crippen MR) is 80.1 cm³/mol. The van der Waals surface area contributed by atoms with Crippen LogP contribution >= 0.6 is 0 Å². The lowest BCUT2D eigenvalue weighted by Gasteiger charge is -2.32. The molecule has 7 heteroatoms. The first-order valence-corrected chi connectivity index (χ1v) is 8.67. The van der Waals surface area contributed by atoms with Crippen LogP contribution < -0.4 is 4.72 Å². The second kappa shape index (κ2) is 7.00. The van der Waals surface area contributed by atoms with Gasteiger partial charge in [-0.25, -0.2) is 13.1 Å². The Morgan fingerprint density at radius 1 is 1.48 bits per heavy atom. The van der Waals surface area contributed by atoms with Crippen molar-refractivity contribution in [3.8, 4) is 0 Å². The molecule has 2 rings (SSSR count). The molecule has 2 heterocycles. The van der Waals surface area contributed by atoms with Crippen LogP contribution in [-0.2, 0) is 21.2 Å². The fourth-order valence-corrected chi connectivity index (χ4v) is 3.71. The summed E-state index contributed by atoms with van der Waals surface area (Å²) in [6.07, 6.45) is 3.98. The Morgan fingerprint density at radius 3 is 2.95 bits per heavy atom. The molecule has 1 amide bonds. The zero-order chi connectivity index (χ0) is 15.3. The highest BCUT2D eigenvalue weighted by Crippen LogP contribution is 2.17. The van der Waals surface area contributed by atoms with Gasteiger partial charge in [0.15, 0.2) is 0 Å². The maximum absolute atomic E-state index is 12.2. The van der Waals surface area contributed by atoms with Crippen molar-refractivity contribution in [1.29, 1.82) is 0 Å². The first-order valence-electron chi connectivity index (χ1n) is 7.13. The van der Waals surface area contributed by atoms with E-state index in [1.807, 2.05) is 18.2 Å². The van der Waals surface area contributed by atoms with E-state index in [0.717, 1.165) is 12.1 Å². The van der Waals surface area contributed by atoms with Gasteiger partial charge in [0.05, 0.1) is 5.25 Å². The van der Waals surface area contributed by atoms with E-state index in [9.17, 15) is 13.2 Å². The van der Waals surface area contributed by atoms with Crippen LogP contribution in [-0.4, -0.2) is 49.6 Å². The van der Waals surface area contributed by atoms with Crippen LogP contribution in [0, 0.1) is 0 Å². The molecule has 1 aliphatic rings. The number of aryl methyl sites for hydroxylation is 1. The van der Waals surface area contributed by atoms with E-state index >= 15 is 0 Å². The van der Waals surface area contributed by atoms with Gasteiger partial charge >= 0.3 is 0 Å². The van der Waals surface area contributed by atoms with Crippen molar-refractivity contribution in [2.75, 3.05) is 20.1 Å². The average molecular weight is 311 g/mol. The fraction of sp³-hybridized carbons (Fsp3) is 0.571. The van der Waals surface area contributed by atoms with Crippen LogP contribution in [0.1, 0.15) is 25.0 Å². The number of likely N-dealkylation sites (tertiary alicyclic amines) is 1. The Labute approximate surface area is 125 Å². The molecule has 1 N–H and O–H groups in total. The van der Waals surface area contributed by atoms with Crippen LogP contribution in [0.25, 0.3) is 0 Å². The quantitative estimate of drug-likeness (QED) is 0.861. The van der Waals surface area contributed by atoms with Crippen molar-refractivity contribution >= 4 is 15.9 Å². The van der Waals surface area contributed by atoms with Crippen molar-refractivity contribution in [2.45, 2.75) is 30.9 Å². The third-order valence-corrected chi connectivity index (χ3v) is 5.61. The van der Waals surface area contributed by atoms with Crippen LogP contribution in [0.15, 0.2) is 24.4 Å². The van der Waals surface area contributed by atoms with Gasteiger partial charge in [-0.1, -0.05) is 6.07 Å². The number of carbonyl (C=O) groups excluding carboxylic acids is 1. The molecule has 0 bridgehead atoms. The lowest BCUT2D eigenvalue weighted by molar-refractivity contribution is -0.131. The third-order valence-electron chi connectivity index (χ3n) is 3.78. The molecule has 1 fully saturated rings. The molecule has 1 aromatic heterocycles. The number of nitrogens with zero attached hydrogens (tertiary/aromatic N) is 2. The van der Waals surface area contributed by atoms with Crippen molar-refractivity contribution in [3.63, 3.8) is 0 Å². The molecular formula is C14H21N3O3S. The summed E-state index contributed by atoms with van der Waals surface area (Å²) in [6.45, 7) is 0.918. The maximum atomic E-state index is 12.2. The van der Waals surface area contributed by atoms with Gasteiger partial charge in [0.2, 0.25) is 15.9 Å². The van der Waals surface area contributed by atoms with Crippen LogP contribution in [0.5, 0.6) is 0 Å². The van der Waals surface area contributed by atoms with Crippen molar-refractivity contribution in [3.05, 3.63) is 30.1 Å². The van der Waals surface area contributed by atoms with Crippen LogP contribution in [0.4, 0.5) is 0 Å². The molecule has 0 aliphatic carbocycles. The molecule has 0 spiro atoms. The Kier molecular flexibility index (Phi) is 5.30. The lowest BCUT2D eigenvalue weighted by atomic mass is 10.1. The molecular weight excluding hydrogens is 290 g/mol. The Balaban J connectivity index is 1.90. The van der Waals surface area contributed by atoms with E-state index < -0.39 is 15.3 Å². The summed E-state index contributed by atoms with van der Waals surface area (Å²) >= 11 is 0. The summed E-state index contributed by atoms with van der Waals surface area (Å²) in [4.78, 5) is 18.1.